The van der Waals surface area contributed by atoms with Gasteiger partial charge < -0.3 is 24.0 Å². The number of hydrogen-bond acceptors (Lipinski definition) is 7. The number of nitrogens with one attached hydrogen (secondary N) is 1. The van der Waals surface area contributed by atoms with Gasteiger partial charge in [-0.25, -0.2) is 0 Å². The number of furan rings is 1. The van der Waals surface area contributed by atoms with E-state index in [0.717, 1.165) is 0 Å². The molecule has 0 aliphatic carbocycles. The minimum atomic E-state index is -0.648. The molecule has 158 valence electrons. The Balaban J connectivity index is 1.37. The van der Waals surface area contributed by atoms with Crippen LogP contribution < -0.4 is 10.2 Å². The largest absolute Gasteiger partial charge is 0.459 e. The number of oxazole rings is 1. The first-order valence-electron chi connectivity index (χ1n) is 9.91. The third-order valence-electron chi connectivity index (χ3n) is 5.08. The molecule has 1 fully saturated rings. The minimum absolute atomic E-state index is 0.154. The summed E-state index contributed by atoms with van der Waals surface area (Å²) >= 11 is 0. The van der Waals surface area contributed by atoms with Crippen molar-refractivity contribution < 1.29 is 18.4 Å². The zero-order valence-electron chi connectivity index (χ0n) is 16.9. The molecule has 1 aromatic carbocycles. The van der Waals surface area contributed by atoms with Gasteiger partial charge in [0.25, 0.3) is 11.8 Å². The summed E-state index contributed by atoms with van der Waals surface area (Å²) in [6.07, 6.45) is 1.51. The van der Waals surface area contributed by atoms with Crippen molar-refractivity contribution in [3.8, 4) is 17.7 Å². The summed E-state index contributed by atoms with van der Waals surface area (Å²) in [5.74, 6) is 0.613. The lowest BCUT2D eigenvalue weighted by molar-refractivity contribution is -0.133. The minimum Gasteiger partial charge on any atom is -0.459 e. The number of carbonyl (C=O) groups excluding carboxylic acids is 2. The lowest BCUT2D eigenvalue weighted by Gasteiger charge is -2.35. The summed E-state index contributed by atoms with van der Waals surface area (Å²) in [7, 11) is 0. The normalized spacial score (nSPS) is 14.7. The van der Waals surface area contributed by atoms with E-state index >= 15 is 0 Å². The molecule has 31 heavy (non-hydrogen) atoms. The Bertz CT molecular complexity index is 1090. The van der Waals surface area contributed by atoms with Gasteiger partial charge in [0.05, 0.1) is 6.26 Å². The Labute approximate surface area is 178 Å². The average Bonchev–Trinajstić information content (AvgIpc) is 3.49. The molecule has 0 bridgehead atoms. The van der Waals surface area contributed by atoms with Crippen molar-refractivity contribution in [2.75, 3.05) is 31.1 Å². The maximum absolute atomic E-state index is 12.8. The van der Waals surface area contributed by atoms with Crippen molar-refractivity contribution in [3.63, 3.8) is 0 Å². The molecule has 1 saturated heterocycles. The molecule has 9 heteroatoms. The summed E-state index contributed by atoms with van der Waals surface area (Å²) in [6.45, 7) is 3.51. The molecular formula is C22H21N5O4. The molecule has 1 aliphatic heterocycles. The lowest BCUT2D eigenvalue weighted by atomic mass is 10.2. The second-order valence-corrected chi connectivity index (χ2v) is 7.14. The highest BCUT2D eigenvalue weighted by Crippen LogP contribution is 2.29. The van der Waals surface area contributed by atoms with E-state index in [4.69, 9.17) is 8.83 Å². The molecule has 3 heterocycles. The standard InChI is InChI=1S/C22H21N5O4/c1-15(24-19(28)16-6-3-2-4-7-16)21(29)26-9-11-27(12-10-26)22-17(14-23)25-20(31-22)18-8-5-13-30-18/h2-8,13,15H,9-12H2,1H3,(H,24,28). The zero-order valence-corrected chi connectivity index (χ0v) is 16.9. The van der Waals surface area contributed by atoms with Crippen LogP contribution in [0.1, 0.15) is 23.0 Å². The Morgan fingerprint density at radius 2 is 1.87 bits per heavy atom. The monoisotopic (exact) mass is 419 g/mol. The maximum Gasteiger partial charge on any atom is 0.266 e. The van der Waals surface area contributed by atoms with Gasteiger partial charge in [0.2, 0.25) is 17.5 Å². The Hall–Kier alpha value is -4.06. The number of piperazine rings is 1. The van der Waals surface area contributed by atoms with Gasteiger partial charge in [0.1, 0.15) is 12.1 Å². The lowest BCUT2D eigenvalue weighted by Crippen LogP contribution is -2.54. The van der Waals surface area contributed by atoms with Crippen molar-refractivity contribution in [2.45, 2.75) is 13.0 Å². The molecule has 1 atom stereocenters. The number of nitrogens with zero attached hydrogens (tertiary/aromatic N) is 4. The predicted molar refractivity (Wildman–Crippen MR) is 111 cm³/mol. The van der Waals surface area contributed by atoms with Crippen LogP contribution >= 0.6 is 0 Å². The molecule has 1 aliphatic rings. The van der Waals surface area contributed by atoms with E-state index < -0.39 is 6.04 Å². The second kappa shape index (κ2) is 8.75. The molecule has 0 spiro atoms. The van der Waals surface area contributed by atoms with E-state index in [9.17, 15) is 14.9 Å². The summed E-state index contributed by atoms with van der Waals surface area (Å²) in [5, 5.41) is 12.2. The van der Waals surface area contributed by atoms with Gasteiger partial charge in [-0.3, -0.25) is 9.59 Å². The molecule has 0 saturated carbocycles. The van der Waals surface area contributed by atoms with Gasteiger partial charge in [0.15, 0.2) is 5.76 Å². The Morgan fingerprint density at radius 3 is 2.52 bits per heavy atom. The molecule has 9 nitrogen and oxygen atoms in total. The molecular weight excluding hydrogens is 398 g/mol. The Morgan fingerprint density at radius 1 is 1.13 bits per heavy atom. The van der Waals surface area contributed by atoms with Crippen LogP contribution in [0.25, 0.3) is 11.7 Å². The molecule has 1 unspecified atom stereocenters. The van der Waals surface area contributed by atoms with E-state index in [1.807, 2.05) is 17.0 Å². The number of nitriles is 1. The van der Waals surface area contributed by atoms with Crippen LogP contribution in [-0.2, 0) is 4.79 Å². The van der Waals surface area contributed by atoms with Crippen molar-refractivity contribution in [3.05, 3.63) is 60.0 Å². The molecule has 2 amide bonds. The number of hydrogen-bond donors (Lipinski definition) is 1. The van der Waals surface area contributed by atoms with Crippen molar-refractivity contribution in [1.82, 2.24) is 15.2 Å². The van der Waals surface area contributed by atoms with E-state index in [1.54, 1.807) is 48.2 Å². The maximum atomic E-state index is 12.8. The van der Waals surface area contributed by atoms with E-state index in [0.29, 0.717) is 43.4 Å². The quantitative estimate of drug-likeness (QED) is 0.674. The number of rotatable bonds is 5. The number of amides is 2. The smallest absolute Gasteiger partial charge is 0.266 e. The van der Waals surface area contributed by atoms with Crippen LogP contribution in [0.2, 0.25) is 0 Å². The molecule has 1 N–H and O–H groups in total. The van der Waals surface area contributed by atoms with E-state index in [-0.39, 0.29) is 23.4 Å². The fourth-order valence-electron chi connectivity index (χ4n) is 3.44. The number of carbonyl (C=O) groups is 2. The van der Waals surface area contributed by atoms with Gasteiger partial charge in [-0.2, -0.15) is 10.2 Å². The van der Waals surface area contributed by atoms with Gasteiger partial charge in [-0.1, -0.05) is 18.2 Å². The second-order valence-electron chi connectivity index (χ2n) is 7.14. The third kappa shape index (κ3) is 4.28. The number of anilines is 1. The van der Waals surface area contributed by atoms with Crippen LogP contribution in [0.5, 0.6) is 0 Å². The molecule has 2 aromatic heterocycles. The predicted octanol–water partition coefficient (Wildman–Crippen LogP) is 2.27. The first-order valence-corrected chi connectivity index (χ1v) is 9.91. The number of aromatic nitrogens is 1. The summed E-state index contributed by atoms with van der Waals surface area (Å²) in [6, 6.07) is 13.6. The van der Waals surface area contributed by atoms with Gasteiger partial charge in [0, 0.05) is 31.7 Å². The Kier molecular flexibility index (Phi) is 5.71. The van der Waals surface area contributed by atoms with Crippen LogP contribution in [0.3, 0.4) is 0 Å². The van der Waals surface area contributed by atoms with Crippen LogP contribution in [0.15, 0.2) is 57.6 Å². The van der Waals surface area contributed by atoms with Crippen molar-refractivity contribution >= 4 is 17.7 Å². The molecule has 0 radical (unpaired) electrons. The van der Waals surface area contributed by atoms with Crippen molar-refractivity contribution in [2.24, 2.45) is 0 Å². The summed E-state index contributed by atoms with van der Waals surface area (Å²) in [5.41, 5.74) is 0.684. The van der Waals surface area contributed by atoms with E-state index in [1.165, 1.54) is 6.26 Å². The SMILES string of the molecule is CC(NC(=O)c1ccccc1)C(=O)N1CCN(c2oc(-c3ccco3)nc2C#N)CC1. The third-order valence-corrected chi connectivity index (χ3v) is 5.08. The van der Waals surface area contributed by atoms with Crippen molar-refractivity contribution in [1.29, 1.82) is 5.26 Å². The fourth-order valence-corrected chi connectivity index (χ4v) is 3.44. The van der Waals surface area contributed by atoms with Crippen LogP contribution in [0, 0.1) is 11.3 Å². The molecule has 4 rings (SSSR count). The van der Waals surface area contributed by atoms with Gasteiger partial charge in [-0.15, -0.1) is 0 Å². The highest BCUT2D eigenvalue weighted by molar-refractivity contribution is 5.97. The molecule has 3 aromatic rings. The fraction of sp³-hybridized carbons (Fsp3) is 0.273. The first-order chi connectivity index (χ1) is 15.1. The highest BCUT2D eigenvalue weighted by atomic mass is 16.4. The first kappa shape index (κ1) is 20.2. The van der Waals surface area contributed by atoms with Crippen LogP contribution in [0.4, 0.5) is 5.88 Å². The summed E-state index contributed by atoms with van der Waals surface area (Å²) < 4.78 is 11.1. The summed E-state index contributed by atoms with van der Waals surface area (Å²) in [4.78, 5) is 32.9. The van der Waals surface area contributed by atoms with Crippen LogP contribution in [-0.4, -0.2) is 53.9 Å². The number of benzene rings is 1. The topological polar surface area (TPSA) is 116 Å². The zero-order chi connectivity index (χ0) is 21.8. The van der Waals surface area contributed by atoms with E-state index in [2.05, 4.69) is 10.3 Å². The van der Waals surface area contributed by atoms with Gasteiger partial charge >= 0.3 is 0 Å². The average molecular weight is 419 g/mol. The van der Waals surface area contributed by atoms with Gasteiger partial charge in [-0.05, 0) is 31.2 Å². The highest BCUT2D eigenvalue weighted by Gasteiger charge is 2.29.